The number of methoxy groups -OCH3 is 2. The lowest BCUT2D eigenvalue weighted by molar-refractivity contribution is 0.354. The van der Waals surface area contributed by atoms with Gasteiger partial charge in [0, 0.05) is 37.6 Å². The molecule has 2 N–H and O–H groups in total. The van der Waals surface area contributed by atoms with Gasteiger partial charge in [0.05, 0.1) is 14.2 Å². The first kappa shape index (κ1) is 23.5. The summed E-state index contributed by atoms with van der Waals surface area (Å²) in [7, 11) is 4.99. The molecule has 0 saturated heterocycles. The maximum atomic E-state index is 5.36. The highest BCUT2D eigenvalue weighted by atomic mass is 127. The monoisotopic (exact) mass is 552 g/mol. The molecule has 0 saturated carbocycles. The first-order valence-electron chi connectivity index (χ1n) is 8.34. The van der Waals surface area contributed by atoms with Crippen LogP contribution in [0.5, 0.6) is 11.5 Å². The minimum absolute atomic E-state index is 0. The number of nitrogens with one attached hydrogen (secondary N) is 2. The van der Waals surface area contributed by atoms with E-state index in [2.05, 4.69) is 48.7 Å². The Morgan fingerprint density at radius 3 is 2.56 bits per heavy atom. The smallest absolute Gasteiger partial charge is 0.191 e. The minimum atomic E-state index is 0. The van der Waals surface area contributed by atoms with Crippen molar-refractivity contribution in [3.8, 4) is 11.5 Å². The Kier molecular flexibility index (Phi) is 10.4. The molecule has 27 heavy (non-hydrogen) atoms. The van der Waals surface area contributed by atoms with E-state index in [-0.39, 0.29) is 24.0 Å². The lowest BCUT2D eigenvalue weighted by Crippen LogP contribution is -2.38. The number of aromatic nitrogens is 3. The van der Waals surface area contributed by atoms with Crippen LogP contribution >= 0.6 is 39.9 Å². The van der Waals surface area contributed by atoms with Crippen molar-refractivity contribution >= 4 is 45.9 Å². The first-order valence-corrected chi connectivity index (χ1v) is 9.13. The summed E-state index contributed by atoms with van der Waals surface area (Å²) in [6, 6.07) is 3.83. The summed E-state index contributed by atoms with van der Waals surface area (Å²) in [5.41, 5.74) is 1.04. The zero-order valence-corrected chi connectivity index (χ0v) is 19.9. The predicted octanol–water partition coefficient (Wildman–Crippen LogP) is 2.60. The fraction of sp³-hybridized carbons (Fsp3) is 0.471. The van der Waals surface area contributed by atoms with Gasteiger partial charge in [0.25, 0.3) is 0 Å². The summed E-state index contributed by atoms with van der Waals surface area (Å²) < 4.78 is 13.6. The van der Waals surface area contributed by atoms with Crippen molar-refractivity contribution in [1.82, 2.24) is 25.4 Å². The van der Waals surface area contributed by atoms with Crippen molar-refractivity contribution in [3.05, 3.63) is 34.3 Å². The van der Waals surface area contributed by atoms with Crippen LogP contribution in [0.25, 0.3) is 0 Å². The van der Waals surface area contributed by atoms with Gasteiger partial charge < -0.3 is 24.7 Å². The van der Waals surface area contributed by atoms with Crippen molar-refractivity contribution in [3.63, 3.8) is 0 Å². The van der Waals surface area contributed by atoms with E-state index in [1.54, 1.807) is 27.6 Å². The first-order chi connectivity index (χ1) is 12.6. The third kappa shape index (κ3) is 6.52. The molecule has 150 valence electrons. The number of ether oxygens (including phenoxy) is 2. The van der Waals surface area contributed by atoms with Crippen LogP contribution in [0.4, 0.5) is 0 Å². The van der Waals surface area contributed by atoms with Gasteiger partial charge in [-0.3, -0.25) is 4.99 Å². The van der Waals surface area contributed by atoms with Crippen LogP contribution in [0.15, 0.2) is 27.9 Å². The zero-order chi connectivity index (χ0) is 18.9. The predicted molar refractivity (Wildman–Crippen MR) is 120 cm³/mol. The maximum absolute atomic E-state index is 5.36. The Hall–Kier alpha value is -1.56. The Morgan fingerprint density at radius 2 is 1.93 bits per heavy atom. The summed E-state index contributed by atoms with van der Waals surface area (Å²) in [5.74, 6) is 3.07. The van der Waals surface area contributed by atoms with Gasteiger partial charge in [-0.05, 0) is 17.7 Å². The molecule has 0 atom stereocenters. The molecule has 1 heterocycles. The summed E-state index contributed by atoms with van der Waals surface area (Å²) in [6.45, 7) is 4.15. The highest BCUT2D eigenvalue weighted by molar-refractivity contribution is 14.0. The molecule has 1 aromatic heterocycles. The second-order valence-corrected chi connectivity index (χ2v) is 6.30. The second kappa shape index (κ2) is 12.0. The molecule has 2 rings (SSSR count). The molecular formula is C17H26BrIN6O2. The van der Waals surface area contributed by atoms with Gasteiger partial charge in [-0.2, -0.15) is 0 Å². The zero-order valence-electron chi connectivity index (χ0n) is 16.0. The van der Waals surface area contributed by atoms with E-state index >= 15 is 0 Å². The van der Waals surface area contributed by atoms with Crippen molar-refractivity contribution in [1.29, 1.82) is 0 Å². The Balaban J connectivity index is 0.00000364. The van der Waals surface area contributed by atoms with E-state index in [9.17, 15) is 0 Å². The van der Waals surface area contributed by atoms with Gasteiger partial charge in [0.15, 0.2) is 17.5 Å². The van der Waals surface area contributed by atoms with Crippen LogP contribution in [-0.4, -0.2) is 48.5 Å². The van der Waals surface area contributed by atoms with Gasteiger partial charge >= 0.3 is 0 Å². The van der Waals surface area contributed by atoms with Gasteiger partial charge in [-0.1, -0.05) is 22.9 Å². The van der Waals surface area contributed by atoms with E-state index in [0.29, 0.717) is 18.0 Å². The van der Waals surface area contributed by atoms with E-state index in [1.807, 2.05) is 16.7 Å². The standard InChI is InChI=1S/C17H25BrN6O2.HI/c1-5-16-23-22-11-24(16)7-6-20-17(19-2)21-10-12-8-14(25-3)15(26-4)9-13(12)18;/h8-9,11H,5-7,10H2,1-4H3,(H2,19,20,21);1H. The van der Waals surface area contributed by atoms with Crippen molar-refractivity contribution in [2.24, 2.45) is 4.99 Å². The number of hydrogen-bond acceptors (Lipinski definition) is 5. The lowest BCUT2D eigenvalue weighted by Gasteiger charge is -2.15. The molecule has 0 amide bonds. The average molecular weight is 553 g/mol. The van der Waals surface area contributed by atoms with Crippen molar-refractivity contribution in [2.45, 2.75) is 26.4 Å². The highest BCUT2D eigenvalue weighted by Gasteiger charge is 2.10. The molecule has 0 bridgehead atoms. The van der Waals surface area contributed by atoms with Crippen molar-refractivity contribution < 1.29 is 9.47 Å². The summed E-state index contributed by atoms with van der Waals surface area (Å²) >= 11 is 3.56. The van der Waals surface area contributed by atoms with Crippen LogP contribution < -0.4 is 20.1 Å². The Morgan fingerprint density at radius 1 is 1.22 bits per heavy atom. The van der Waals surface area contributed by atoms with E-state index in [4.69, 9.17) is 9.47 Å². The average Bonchev–Trinajstić information content (AvgIpc) is 3.12. The summed E-state index contributed by atoms with van der Waals surface area (Å²) in [4.78, 5) is 4.25. The molecule has 8 nitrogen and oxygen atoms in total. The number of halogens is 2. The molecule has 0 fully saturated rings. The van der Waals surface area contributed by atoms with Crippen LogP contribution in [0.3, 0.4) is 0 Å². The number of rotatable bonds is 8. The Labute approximate surface area is 185 Å². The lowest BCUT2D eigenvalue weighted by atomic mass is 10.2. The van der Waals surface area contributed by atoms with Crippen LogP contribution in [0, 0.1) is 0 Å². The number of aliphatic imine (C=N–C) groups is 1. The molecule has 0 radical (unpaired) electrons. The normalized spacial score (nSPS) is 10.9. The van der Waals surface area contributed by atoms with E-state index in [0.717, 1.165) is 41.3 Å². The molecule has 0 unspecified atom stereocenters. The third-order valence-corrected chi connectivity index (χ3v) is 4.62. The van der Waals surface area contributed by atoms with Gasteiger partial charge in [-0.15, -0.1) is 34.2 Å². The van der Waals surface area contributed by atoms with Gasteiger partial charge in [-0.25, -0.2) is 0 Å². The van der Waals surface area contributed by atoms with E-state index < -0.39 is 0 Å². The quantitative estimate of drug-likeness (QED) is 0.297. The number of guanidine groups is 1. The second-order valence-electron chi connectivity index (χ2n) is 5.45. The summed E-state index contributed by atoms with van der Waals surface area (Å²) in [5, 5.41) is 14.6. The molecule has 0 aliphatic rings. The molecule has 0 aliphatic heterocycles. The fourth-order valence-electron chi connectivity index (χ4n) is 2.47. The van der Waals surface area contributed by atoms with Crippen LogP contribution in [0.2, 0.25) is 0 Å². The molecule has 0 spiro atoms. The number of nitrogens with zero attached hydrogens (tertiary/aromatic N) is 4. The van der Waals surface area contributed by atoms with Crippen LogP contribution in [-0.2, 0) is 19.5 Å². The molecule has 1 aromatic carbocycles. The molecule has 10 heteroatoms. The van der Waals surface area contributed by atoms with Gasteiger partial charge in [0.2, 0.25) is 0 Å². The van der Waals surface area contributed by atoms with Crippen molar-refractivity contribution in [2.75, 3.05) is 27.8 Å². The number of hydrogen-bond donors (Lipinski definition) is 2. The topological polar surface area (TPSA) is 85.6 Å². The van der Waals surface area contributed by atoms with Crippen LogP contribution in [0.1, 0.15) is 18.3 Å². The van der Waals surface area contributed by atoms with E-state index in [1.165, 1.54) is 0 Å². The number of benzene rings is 1. The largest absolute Gasteiger partial charge is 0.493 e. The number of aryl methyl sites for hydroxylation is 1. The molecule has 0 aliphatic carbocycles. The SMILES string of the molecule is CCc1nncn1CCNC(=NC)NCc1cc(OC)c(OC)cc1Br.I. The summed E-state index contributed by atoms with van der Waals surface area (Å²) in [6.07, 6.45) is 2.61. The third-order valence-electron chi connectivity index (χ3n) is 3.88. The minimum Gasteiger partial charge on any atom is -0.493 e. The fourth-order valence-corrected chi connectivity index (χ4v) is 2.93. The maximum Gasteiger partial charge on any atom is 0.191 e. The van der Waals surface area contributed by atoms with Gasteiger partial charge in [0.1, 0.15) is 12.2 Å². The Bertz CT molecular complexity index is 753. The molecule has 2 aromatic rings. The highest BCUT2D eigenvalue weighted by Crippen LogP contribution is 2.33. The molecular weight excluding hydrogens is 527 g/mol.